The maximum absolute atomic E-state index is 13.8. The quantitative estimate of drug-likeness (QED) is 0.432. The number of ketones is 1. The van der Waals surface area contributed by atoms with Gasteiger partial charge in [-0.2, -0.15) is 0 Å². The van der Waals surface area contributed by atoms with E-state index in [-0.39, 0.29) is 27.9 Å². The summed E-state index contributed by atoms with van der Waals surface area (Å²) in [7, 11) is 0. The average molecular weight is 550 g/mol. The molecule has 3 fully saturated rings. The molecule has 0 aromatic heterocycles. The van der Waals surface area contributed by atoms with E-state index in [1.54, 1.807) is 12.1 Å². The number of hydrogen-bond acceptors (Lipinski definition) is 8. The summed E-state index contributed by atoms with van der Waals surface area (Å²) < 4.78 is 39.6. The number of nitrogens with one attached hydrogen (secondary N) is 1. The van der Waals surface area contributed by atoms with E-state index < -0.39 is 16.9 Å². The van der Waals surface area contributed by atoms with Crippen LogP contribution in [0.5, 0.6) is 0 Å². The maximum atomic E-state index is 13.8. The van der Waals surface area contributed by atoms with E-state index in [2.05, 4.69) is 10.2 Å². The highest BCUT2D eigenvalue weighted by molar-refractivity contribution is 7.84. The van der Waals surface area contributed by atoms with Gasteiger partial charge in [0.2, 0.25) is 0 Å². The Bertz CT molecular complexity index is 1090. The Morgan fingerprint density at radius 2 is 1.82 bits per heavy atom. The van der Waals surface area contributed by atoms with Gasteiger partial charge in [-0.1, -0.05) is 0 Å². The van der Waals surface area contributed by atoms with Gasteiger partial charge in [0.1, 0.15) is 5.82 Å². The van der Waals surface area contributed by atoms with Gasteiger partial charge >= 0.3 is 6.09 Å². The highest BCUT2D eigenvalue weighted by Crippen LogP contribution is 2.46. The van der Waals surface area contributed by atoms with E-state index in [9.17, 15) is 22.7 Å². The summed E-state index contributed by atoms with van der Waals surface area (Å²) in [5.41, 5.74) is 7.49. The van der Waals surface area contributed by atoms with E-state index >= 15 is 0 Å². The standard InChI is InChI=1S/C22H30FN3O2.C5H9NO3S/c1-2-28-21(27)26-16-4-5-17(26)13-18(12-16)25-9-7-22(8-10-25)14-24-20-6-3-15(23)11-19(20)22;1-3(6)5(4(2)7)10(8)9/h3,6,11,16-18,24H,2,4-5,7-10,12-14H2,1H3;6H2,1-2H3,(H,8,9)/p-1. The van der Waals surface area contributed by atoms with E-state index in [0.29, 0.717) is 24.7 Å². The fraction of sp³-hybridized carbons (Fsp3) is 0.630. The van der Waals surface area contributed by atoms with Crippen molar-refractivity contribution in [1.29, 1.82) is 0 Å². The van der Waals surface area contributed by atoms with Crippen molar-refractivity contribution in [3.8, 4) is 0 Å². The minimum Gasteiger partial charge on any atom is -0.768 e. The molecule has 0 aliphatic carbocycles. The highest BCUT2D eigenvalue weighted by atomic mass is 32.2. The predicted molar refractivity (Wildman–Crippen MR) is 143 cm³/mol. The molecule has 0 radical (unpaired) electrons. The number of carbonyl (C=O) groups excluding carboxylic acids is 2. The van der Waals surface area contributed by atoms with Crippen LogP contribution >= 0.6 is 0 Å². The van der Waals surface area contributed by atoms with Gasteiger partial charge in [0.15, 0.2) is 5.78 Å². The zero-order chi connectivity index (χ0) is 27.6. The molecule has 1 aromatic carbocycles. The predicted octanol–water partition coefficient (Wildman–Crippen LogP) is 3.38. The van der Waals surface area contributed by atoms with Gasteiger partial charge in [0, 0.05) is 41.5 Å². The van der Waals surface area contributed by atoms with Crippen molar-refractivity contribution in [2.45, 2.75) is 82.8 Å². The molecule has 38 heavy (non-hydrogen) atoms. The fourth-order valence-corrected chi connectivity index (χ4v) is 7.20. The van der Waals surface area contributed by atoms with Crippen LogP contribution in [0.4, 0.5) is 14.9 Å². The molecule has 9 nitrogen and oxygen atoms in total. The number of nitrogens with two attached hydrogens (primary N) is 1. The molecule has 210 valence electrons. The minimum absolute atomic E-state index is 0.0285. The molecule has 1 aromatic rings. The number of fused-ring (bicyclic) bond motifs is 4. The van der Waals surface area contributed by atoms with Gasteiger partial charge in [-0.05, 0) is 107 Å². The van der Waals surface area contributed by atoms with Gasteiger partial charge in [0.25, 0.3) is 0 Å². The van der Waals surface area contributed by atoms with Crippen molar-refractivity contribution in [3.05, 3.63) is 40.2 Å². The van der Waals surface area contributed by atoms with E-state index in [0.717, 1.165) is 70.8 Å². The Labute approximate surface area is 226 Å². The third-order valence-electron chi connectivity index (χ3n) is 8.47. The van der Waals surface area contributed by atoms with Crippen molar-refractivity contribution >= 4 is 28.6 Å². The topological polar surface area (TPSA) is 128 Å². The third kappa shape index (κ3) is 5.74. The first-order valence-electron chi connectivity index (χ1n) is 13.4. The monoisotopic (exact) mass is 549 g/mol. The number of ether oxygens (including phenoxy) is 1. The van der Waals surface area contributed by atoms with Crippen LogP contribution in [0, 0.1) is 5.82 Å². The second kappa shape index (κ2) is 11.7. The molecule has 2 bridgehead atoms. The summed E-state index contributed by atoms with van der Waals surface area (Å²) >= 11 is -2.51. The summed E-state index contributed by atoms with van der Waals surface area (Å²) in [6.07, 6.45) is 6.36. The molecule has 5 rings (SSSR count). The summed E-state index contributed by atoms with van der Waals surface area (Å²) in [4.78, 5) is 27.1. The average Bonchev–Trinajstić information content (AvgIpc) is 3.33. The first-order chi connectivity index (χ1) is 18.1. The molecular weight excluding hydrogens is 511 g/mol. The fourth-order valence-electron chi connectivity index (χ4n) is 6.70. The lowest BCUT2D eigenvalue weighted by atomic mass is 9.73. The summed E-state index contributed by atoms with van der Waals surface area (Å²) in [6, 6.07) is 6.40. The molecular formula is C27H38FN4O5S-. The number of allylic oxidation sites excluding steroid dienone is 2. The Hall–Kier alpha value is -2.50. The molecule has 4 heterocycles. The van der Waals surface area contributed by atoms with Gasteiger partial charge in [0.05, 0.1) is 11.5 Å². The Morgan fingerprint density at radius 1 is 1.18 bits per heavy atom. The van der Waals surface area contributed by atoms with Crippen molar-refractivity contribution in [1.82, 2.24) is 9.80 Å². The second-order valence-corrected chi connectivity index (χ2v) is 11.7. The number of rotatable bonds is 4. The zero-order valence-corrected chi connectivity index (χ0v) is 23.2. The van der Waals surface area contributed by atoms with Gasteiger partial charge in [-0.15, -0.1) is 0 Å². The van der Waals surface area contributed by atoms with Crippen LogP contribution in [0.2, 0.25) is 0 Å². The Morgan fingerprint density at radius 3 is 2.32 bits per heavy atom. The van der Waals surface area contributed by atoms with Crippen molar-refractivity contribution < 1.29 is 27.5 Å². The summed E-state index contributed by atoms with van der Waals surface area (Å²) in [5, 5.41) is 3.49. The lowest BCUT2D eigenvalue weighted by Gasteiger charge is -2.47. The normalized spacial score (nSPS) is 27.0. The lowest BCUT2D eigenvalue weighted by Crippen LogP contribution is -2.55. The molecule has 3 atom stereocenters. The summed E-state index contributed by atoms with van der Waals surface area (Å²) in [5.74, 6) is -0.666. The molecule has 1 amide bonds. The van der Waals surface area contributed by atoms with Crippen LogP contribution in [0.15, 0.2) is 28.8 Å². The maximum Gasteiger partial charge on any atom is 0.410 e. The van der Waals surface area contributed by atoms with Crippen LogP contribution in [-0.4, -0.2) is 74.8 Å². The van der Waals surface area contributed by atoms with Gasteiger partial charge in [-0.3, -0.25) is 9.00 Å². The molecule has 3 saturated heterocycles. The van der Waals surface area contributed by atoms with E-state index in [4.69, 9.17) is 10.5 Å². The van der Waals surface area contributed by atoms with E-state index in [1.165, 1.54) is 12.5 Å². The van der Waals surface area contributed by atoms with Crippen LogP contribution in [0.25, 0.3) is 0 Å². The van der Waals surface area contributed by atoms with Gasteiger partial charge < -0.3 is 30.1 Å². The van der Waals surface area contributed by atoms with Crippen molar-refractivity contribution in [2.24, 2.45) is 5.73 Å². The number of hydrogen-bond donors (Lipinski definition) is 2. The molecule has 1 spiro atoms. The SMILES string of the molecule is CC(=O)C(=C(C)N)S(=O)[O-].CCOC(=O)N1C2CCC1CC(N1CCC3(CC1)CNc1ccc(F)cc13)C2. The number of halogens is 1. The Balaban J connectivity index is 0.000000289. The van der Waals surface area contributed by atoms with Crippen molar-refractivity contribution in [2.75, 3.05) is 31.6 Å². The molecule has 11 heteroatoms. The van der Waals surface area contributed by atoms with Crippen LogP contribution < -0.4 is 11.1 Å². The molecule has 0 saturated carbocycles. The van der Waals surface area contributed by atoms with Crippen molar-refractivity contribution in [3.63, 3.8) is 0 Å². The molecule has 4 aliphatic rings. The lowest BCUT2D eigenvalue weighted by molar-refractivity contribution is -0.113. The number of nitrogens with zero attached hydrogens (tertiary/aromatic N) is 2. The zero-order valence-electron chi connectivity index (χ0n) is 22.3. The second-order valence-electron chi connectivity index (χ2n) is 10.8. The number of piperidine rings is 2. The van der Waals surface area contributed by atoms with E-state index in [1.807, 2.05) is 17.9 Å². The first-order valence-corrected chi connectivity index (χ1v) is 14.4. The molecule has 3 unspecified atom stereocenters. The number of carbonyl (C=O) groups is 2. The highest BCUT2D eigenvalue weighted by Gasteiger charge is 2.48. The largest absolute Gasteiger partial charge is 0.768 e. The van der Waals surface area contributed by atoms with Gasteiger partial charge in [-0.25, -0.2) is 9.18 Å². The number of amides is 1. The molecule has 4 aliphatic heterocycles. The number of Topliss-reactive ketones (excluding diaryl/α,β-unsaturated/α-hetero) is 1. The van der Waals surface area contributed by atoms with Crippen LogP contribution in [0.3, 0.4) is 0 Å². The Kier molecular flexibility index (Phi) is 8.78. The summed E-state index contributed by atoms with van der Waals surface area (Å²) in [6.45, 7) is 7.88. The van der Waals surface area contributed by atoms with Crippen LogP contribution in [-0.2, 0) is 26.0 Å². The molecule has 3 N–H and O–H groups in total. The smallest absolute Gasteiger partial charge is 0.410 e. The number of anilines is 1. The number of likely N-dealkylation sites (tertiary alicyclic amines) is 1. The minimum atomic E-state index is -2.51. The number of benzene rings is 1. The van der Waals surface area contributed by atoms with Crippen LogP contribution in [0.1, 0.15) is 64.9 Å². The third-order valence-corrected chi connectivity index (χ3v) is 9.42. The first kappa shape index (κ1) is 28.5.